The Morgan fingerprint density at radius 2 is 1.81 bits per heavy atom. The lowest BCUT2D eigenvalue weighted by atomic mass is 9.85. The molecule has 2 amide bonds. The van der Waals surface area contributed by atoms with E-state index in [0.717, 1.165) is 0 Å². The molecule has 0 bridgehead atoms. The van der Waals surface area contributed by atoms with E-state index in [1.54, 1.807) is 24.5 Å². The van der Waals surface area contributed by atoms with Crippen LogP contribution in [-0.4, -0.2) is 38.2 Å². The second kappa shape index (κ2) is 10.3. The molecular weight excluding hydrogens is 465 g/mol. The van der Waals surface area contributed by atoms with E-state index in [-0.39, 0.29) is 23.6 Å². The van der Waals surface area contributed by atoms with Gasteiger partial charge in [0.05, 0.1) is 11.4 Å². The Morgan fingerprint density at radius 3 is 2.47 bits per heavy atom. The van der Waals surface area contributed by atoms with Crippen molar-refractivity contribution in [2.75, 3.05) is 5.32 Å². The molecule has 3 N–H and O–H groups in total. The maximum atomic E-state index is 13.3. The standard InChI is InChI=1S/C26H30FN5O4/c1-26(2,3)36-25(35)30-19-8-4-16(5-9-19)23(33)31-22-14-17(12-13-28-22)21-15-29-24(34)32(21)20-10-6-18(27)7-11-20/h6-7,10-16,19H,4-5,8-9H2,1-3H3,(H,29,34)(H,30,35)(H,28,31,33). The summed E-state index contributed by atoms with van der Waals surface area (Å²) in [6.07, 6.45) is 5.29. The summed E-state index contributed by atoms with van der Waals surface area (Å²) in [5.41, 5.74) is 0.801. The average Bonchev–Trinajstić information content (AvgIpc) is 3.20. The van der Waals surface area contributed by atoms with E-state index in [4.69, 9.17) is 4.74 Å². The van der Waals surface area contributed by atoms with Gasteiger partial charge in [-0.25, -0.2) is 19.0 Å². The van der Waals surface area contributed by atoms with Crippen LogP contribution in [0, 0.1) is 11.7 Å². The first kappa shape index (κ1) is 25.2. The number of alkyl carbamates (subject to hydrolysis) is 1. The minimum absolute atomic E-state index is 0.0258. The van der Waals surface area contributed by atoms with Crippen LogP contribution in [0.15, 0.2) is 53.6 Å². The quantitative estimate of drug-likeness (QED) is 0.485. The van der Waals surface area contributed by atoms with E-state index in [1.165, 1.54) is 28.8 Å². The zero-order valence-corrected chi connectivity index (χ0v) is 20.5. The Kier molecular flexibility index (Phi) is 7.23. The van der Waals surface area contributed by atoms with Crippen LogP contribution in [0.25, 0.3) is 16.9 Å². The molecule has 1 aliphatic rings. The van der Waals surface area contributed by atoms with Crippen molar-refractivity contribution in [1.29, 1.82) is 0 Å². The highest BCUT2D eigenvalue weighted by molar-refractivity contribution is 5.92. The molecule has 1 aromatic carbocycles. The minimum Gasteiger partial charge on any atom is -0.444 e. The van der Waals surface area contributed by atoms with Crippen molar-refractivity contribution in [2.24, 2.45) is 5.92 Å². The van der Waals surface area contributed by atoms with E-state index in [0.29, 0.717) is 48.4 Å². The van der Waals surface area contributed by atoms with Crippen molar-refractivity contribution >= 4 is 17.8 Å². The van der Waals surface area contributed by atoms with Crippen LogP contribution in [0.1, 0.15) is 46.5 Å². The summed E-state index contributed by atoms with van der Waals surface area (Å²) >= 11 is 0. The Morgan fingerprint density at radius 1 is 1.11 bits per heavy atom. The Labute approximate surface area is 208 Å². The molecule has 4 rings (SSSR count). The molecule has 2 aromatic heterocycles. The van der Waals surface area contributed by atoms with E-state index in [2.05, 4.69) is 20.6 Å². The summed E-state index contributed by atoms with van der Waals surface area (Å²) in [6.45, 7) is 5.44. The largest absolute Gasteiger partial charge is 0.444 e. The van der Waals surface area contributed by atoms with Gasteiger partial charge in [-0.05, 0) is 82.9 Å². The second-order valence-electron chi connectivity index (χ2n) is 9.90. The first-order valence-electron chi connectivity index (χ1n) is 11.9. The third-order valence-electron chi connectivity index (χ3n) is 5.99. The van der Waals surface area contributed by atoms with Gasteiger partial charge in [-0.2, -0.15) is 0 Å². The number of rotatable bonds is 5. The van der Waals surface area contributed by atoms with Crippen molar-refractivity contribution < 1.29 is 18.7 Å². The number of aromatic nitrogens is 3. The fraction of sp³-hybridized carbons (Fsp3) is 0.385. The molecule has 0 radical (unpaired) electrons. The maximum absolute atomic E-state index is 13.3. The predicted octanol–water partition coefficient (Wildman–Crippen LogP) is 4.39. The van der Waals surface area contributed by atoms with E-state index >= 15 is 0 Å². The van der Waals surface area contributed by atoms with Crippen molar-refractivity contribution in [3.8, 4) is 16.9 Å². The normalized spacial score (nSPS) is 17.9. The fourth-order valence-corrected chi connectivity index (χ4v) is 4.29. The summed E-state index contributed by atoms with van der Waals surface area (Å²) in [7, 11) is 0. The molecule has 1 aliphatic carbocycles. The molecule has 9 nitrogen and oxygen atoms in total. The van der Waals surface area contributed by atoms with Crippen LogP contribution < -0.4 is 16.3 Å². The van der Waals surface area contributed by atoms with Gasteiger partial charge in [-0.15, -0.1) is 0 Å². The summed E-state index contributed by atoms with van der Waals surface area (Å²) in [5.74, 6) is -0.365. The number of ether oxygens (including phenoxy) is 1. The lowest BCUT2D eigenvalue weighted by Gasteiger charge is -2.29. The second-order valence-corrected chi connectivity index (χ2v) is 9.90. The molecule has 0 atom stereocenters. The van der Waals surface area contributed by atoms with Gasteiger partial charge < -0.3 is 20.4 Å². The Balaban J connectivity index is 1.40. The molecule has 0 saturated heterocycles. The Hall–Kier alpha value is -3.95. The average molecular weight is 496 g/mol. The van der Waals surface area contributed by atoms with Gasteiger partial charge in [0.1, 0.15) is 17.2 Å². The molecule has 3 aromatic rings. The number of hydrogen-bond donors (Lipinski definition) is 3. The van der Waals surface area contributed by atoms with E-state index in [9.17, 15) is 18.8 Å². The smallest absolute Gasteiger partial charge is 0.407 e. The third kappa shape index (κ3) is 6.18. The monoisotopic (exact) mass is 495 g/mol. The molecule has 1 saturated carbocycles. The van der Waals surface area contributed by atoms with Gasteiger partial charge in [0.25, 0.3) is 0 Å². The molecule has 0 spiro atoms. The summed E-state index contributed by atoms with van der Waals surface area (Å²) in [6, 6.07) is 9.00. The number of imidazole rings is 1. The number of carbonyl (C=O) groups is 2. The molecule has 36 heavy (non-hydrogen) atoms. The number of pyridine rings is 1. The van der Waals surface area contributed by atoms with E-state index in [1.807, 2.05) is 20.8 Å². The molecule has 2 heterocycles. The molecule has 10 heteroatoms. The van der Waals surface area contributed by atoms with Gasteiger partial charge >= 0.3 is 11.8 Å². The number of benzene rings is 1. The lowest BCUT2D eigenvalue weighted by Crippen LogP contribution is -2.42. The SMILES string of the molecule is CC(C)(C)OC(=O)NC1CCC(C(=O)Nc2cc(-c3c[nH]c(=O)n3-c3ccc(F)cc3)ccn2)CC1. The molecule has 0 unspecified atom stereocenters. The first-order valence-corrected chi connectivity index (χ1v) is 11.9. The van der Waals surface area contributed by atoms with Crippen molar-refractivity contribution in [3.05, 3.63) is 65.1 Å². The predicted molar refractivity (Wildman–Crippen MR) is 133 cm³/mol. The maximum Gasteiger partial charge on any atom is 0.407 e. The van der Waals surface area contributed by atoms with Crippen LogP contribution >= 0.6 is 0 Å². The lowest BCUT2D eigenvalue weighted by molar-refractivity contribution is -0.120. The summed E-state index contributed by atoms with van der Waals surface area (Å²) < 4.78 is 20.1. The van der Waals surface area contributed by atoms with Gasteiger partial charge in [-0.1, -0.05) is 0 Å². The van der Waals surface area contributed by atoms with Crippen LogP contribution in [0.2, 0.25) is 0 Å². The number of carbonyl (C=O) groups excluding carboxylic acids is 2. The minimum atomic E-state index is -0.559. The number of amides is 2. The Bertz CT molecular complexity index is 1280. The van der Waals surface area contributed by atoms with Crippen LogP contribution in [0.5, 0.6) is 0 Å². The number of nitrogens with one attached hydrogen (secondary N) is 3. The number of H-pyrrole nitrogens is 1. The molecule has 190 valence electrons. The topological polar surface area (TPSA) is 118 Å². The summed E-state index contributed by atoms with van der Waals surface area (Å²) in [5, 5.41) is 5.75. The van der Waals surface area contributed by atoms with Crippen LogP contribution in [0.4, 0.5) is 15.0 Å². The molecular formula is C26H30FN5O4. The van der Waals surface area contributed by atoms with Gasteiger partial charge in [0.15, 0.2) is 0 Å². The summed E-state index contributed by atoms with van der Waals surface area (Å²) in [4.78, 5) is 44.2. The number of halogens is 1. The molecule has 1 fully saturated rings. The highest BCUT2D eigenvalue weighted by Gasteiger charge is 2.28. The van der Waals surface area contributed by atoms with Gasteiger partial charge in [-0.3, -0.25) is 9.36 Å². The number of nitrogens with zero attached hydrogens (tertiary/aromatic N) is 2. The zero-order valence-electron chi connectivity index (χ0n) is 20.5. The highest BCUT2D eigenvalue weighted by Crippen LogP contribution is 2.27. The zero-order chi connectivity index (χ0) is 25.9. The van der Waals surface area contributed by atoms with Crippen LogP contribution in [-0.2, 0) is 9.53 Å². The van der Waals surface area contributed by atoms with Crippen molar-refractivity contribution in [3.63, 3.8) is 0 Å². The third-order valence-corrected chi connectivity index (χ3v) is 5.99. The van der Waals surface area contributed by atoms with Gasteiger partial charge in [0.2, 0.25) is 5.91 Å². The number of aromatic amines is 1. The molecule has 0 aliphatic heterocycles. The number of anilines is 1. The number of hydrogen-bond acceptors (Lipinski definition) is 5. The first-order chi connectivity index (χ1) is 17.1. The van der Waals surface area contributed by atoms with E-state index < -0.39 is 17.5 Å². The van der Waals surface area contributed by atoms with Crippen molar-refractivity contribution in [1.82, 2.24) is 19.9 Å². The van der Waals surface area contributed by atoms with Crippen LogP contribution in [0.3, 0.4) is 0 Å². The van der Waals surface area contributed by atoms with Gasteiger partial charge in [0, 0.05) is 29.9 Å². The highest BCUT2D eigenvalue weighted by atomic mass is 19.1. The fourth-order valence-electron chi connectivity index (χ4n) is 4.29. The van der Waals surface area contributed by atoms with Crippen molar-refractivity contribution in [2.45, 2.75) is 58.1 Å².